The molecule has 0 saturated heterocycles. The summed E-state index contributed by atoms with van der Waals surface area (Å²) in [6.45, 7) is 3.72. The minimum atomic E-state index is -3.48. The third-order valence-electron chi connectivity index (χ3n) is 2.52. The first kappa shape index (κ1) is 16.4. The number of ether oxygens (including phenoxy) is 1. The lowest BCUT2D eigenvalue weighted by Crippen LogP contribution is -2.21. The van der Waals surface area contributed by atoms with Crippen molar-refractivity contribution >= 4 is 15.5 Å². The van der Waals surface area contributed by atoms with Gasteiger partial charge in [-0.15, -0.1) is 0 Å². The van der Waals surface area contributed by atoms with E-state index in [0.717, 1.165) is 25.3 Å². The molecule has 1 N–H and O–H groups in total. The molecule has 0 aliphatic carbocycles. The number of nitrogens with one attached hydrogen (secondary N) is 1. The number of nitrogens with zero attached hydrogens (tertiary/aromatic N) is 1. The normalized spacial score (nSPS) is 11.3. The van der Waals surface area contributed by atoms with Gasteiger partial charge in [-0.1, -0.05) is 6.92 Å². The lowest BCUT2D eigenvalue weighted by molar-refractivity contribution is -0.386. The first-order valence-corrected chi connectivity index (χ1v) is 8.07. The summed E-state index contributed by atoms with van der Waals surface area (Å²) in [6, 6.07) is 3.63. The molecular formula is C12H18N2O5S. The number of nitro benzene ring substituents is 1. The van der Waals surface area contributed by atoms with Gasteiger partial charge < -0.3 is 10.1 Å². The molecule has 112 valence electrons. The second-order valence-corrected chi connectivity index (χ2v) is 6.27. The number of hydrogen-bond donors (Lipinski definition) is 1. The van der Waals surface area contributed by atoms with Crippen molar-refractivity contribution in [2.24, 2.45) is 0 Å². The van der Waals surface area contributed by atoms with Gasteiger partial charge in [-0.05, 0) is 25.1 Å². The van der Waals surface area contributed by atoms with Crippen molar-refractivity contribution in [2.75, 3.05) is 26.0 Å². The summed E-state index contributed by atoms with van der Waals surface area (Å²) in [6.07, 6.45) is 1.99. The molecule has 0 aliphatic rings. The van der Waals surface area contributed by atoms with Crippen LogP contribution < -0.4 is 10.1 Å². The van der Waals surface area contributed by atoms with Gasteiger partial charge in [-0.2, -0.15) is 0 Å². The minimum absolute atomic E-state index is 0.0701. The molecule has 0 fully saturated rings. The number of benzene rings is 1. The van der Waals surface area contributed by atoms with Crippen LogP contribution in [0.25, 0.3) is 0 Å². The van der Waals surface area contributed by atoms with Crippen molar-refractivity contribution in [3.05, 3.63) is 28.3 Å². The SMILES string of the molecule is CCCNCCOc1ccc(S(C)(=O)=O)cc1[N+](=O)[O-]. The van der Waals surface area contributed by atoms with Crippen LogP contribution in [-0.4, -0.2) is 39.3 Å². The van der Waals surface area contributed by atoms with Crippen molar-refractivity contribution in [1.29, 1.82) is 0 Å². The summed E-state index contributed by atoms with van der Waals surface area (Å²) in [5.74, 6) is 0.0701. The number of rotatable bonds is 8. The molecule has 0 heterocycles. The zero-order valence-electron chi connectivity index (χ0n) is 11.5. The van der Waals surface area contributed by atoms with Crippen LogP contribution in [0.4, 0.5) is 5.69 Å². The van der Waals surface area contributed by atoms with Crippen LogP contribution in [0.5, 0.6) is 5.75 Å². The third-order valence-corrected chi connectivity index (χ3v) is 3.63. The van der Waals surface area contributed by atoms with E-state index in [0.29, 0.717) is 6.54 Å². The Balaban J connectivity index is 2.83. The van der Waals surface area contributed by atoms with Gasteiger partial charge in [0.1, 0.15) is 6.61 Å². The highest BCUT2D eigenvalue weighted by molar-refractivity contribution is 7.90. The van der Waals surface area contributed by atoms with E-state index in [2.05, 4.69) is 5.32 Å². The van der Waals surface area contributed by atoms with Crippen LogP contribution in [0.3, 0.4) is 0 Å². The molecule has 1 aromatic rings. The van der Waals surface area contributed by atoms with E-state index in [1.807, 2.05) is 6.92 Å². The maximum absolute atomic E-state index is 11.4. The van der Waals surface area contributed by atoms with Crippen molar-refractivity contribution in [3.8, 4) is 5.75 Å². The van der Waals surface area contributed by atoms with Gasteiger partial charge >= 0.3 is 5.69 Å². The monoisotopic (exact) mass is 302 g/mol. The predicted molar refractivity (Wildman–Crippen MR) is 74.9 cm³/mol. The topological polar surface area (TPSA) is 98.5 Å². The molecule has 1 rings (SSSR count). The standard InChI is InChI=1S/C12H18N2O5S/c1-3-6-13-7-8-19-12-5-4-10(20(2,17)18)9-11(12)14(15)16/h4-5,9,13H,3,6-8H2,1-2H3. The predicted octanol–water partition coefficient (Wildman–Crippen LogP) is 1.38. The molecule has 0 aliphatic heterocycles. The first-order chi connectivity index (χ1) is 9.36. The van der Waals surface area contributed by atoms with Crippen molar-refractivity contribution in [3.63, 3.8) is 0 Å². The van der Waals surface area contributed by atoms with Gasteiger partial charge in [0.2, 0.25) is 0 Å². The molecule has 0 amide bonds. The highest BCUT2D eigenvalue weighted by atomic mass is 32.2. The van der Waals surface area contributed by atoms with Gasteiger partial charge in [0.15, 0.2) is 15.6 Å². The third kappa shape index (κ3) is 4.78. The molecule has 0 radical (unpaired) electrons. The second kappa shape index (κ2) is 7.20. The van der Waals surface area contributed by atoms with Crippen LogP contribution >= 0.6 is 0 Å². The largest absolute Gasteiger partial charge is 0.485 e. The fraction of sp³-hybridized carbons (Fsp3) is 0.500. The molecule has 0 unspecified atom stereocenters. The summed E-state index contributed by atoms with van der Waals surface area (Å²) in [4.78, 5) is 10.2. The summed E-state index contributed by atoms with van der Waals surface area (Å²) >= 11 is 0. The van der Waals surface area contributed by atoms with Gasteiger partial charge in [-0.3, -0.25) is 10.1 Å². The fourth-order valence-electron chi connectivity index (χ4n) is 1.53. The molecule has 7 nitrogen and oxygen atoms in total. The number of sulfone groups is 1. The van der Waals surface area contributed by atoms with Crippen molar-refractivity contribution < 1.29 is 18.1 Å². The average Bonchev–Trinajstić information content (AvgIpc) is 2.37. The Kier molecular flexibility index (Phi) is 5.90. The van der Waals surface area contributed by atoms with Crippen LogP contribution in [-0.2, 0) is 9.84 Å². The molecule has 0 aromatic heterocycles. The summed E-state index contributed by atoms with van der Waals surface area (Å²) in [5, 5.41) is 14.1. The van der Waals surface area contributed by atoms with Gasteiger partial charge in [-0.25, -0.2) is 8.42 Å². The van der Waals surface area contributed by atoms with E-state index in [1.165, 1.54) is 12.1 Å². The van der Waals surface area contributed by atoms with Gasteiger partial charge in [0.25, 0.3) is 0 Å². The molecular weight excluding hydrogens is 284 g/mol. The Morgan fingerprint density at radius 2 is 2.05 bits per heavy atom. The summed E-state index contributed by atoms with van der Waals surface area (Å²) < 4.78 is 28.1. The van der Waals surface area contributed by atoms with Gasteiger partial charge in [0.05, 0.1) is 9.82 Å². The highest BCUT2D eigenvalue weighted by Gasteiger charge is 2.19. The van der Waals surface area contributed by atoms with E-state index in [-0.39, 0.29) is 22.9 Å². The summed E-state index contributed by atoms with van der Waals surface area (Å²) in [5.41, 5.74) is -0.344. The van der Waals surface area contributed by atoms with E-state index in [1.54, 1.807) is 0 Å². The van der Waals surface area contributed by atoms with E-state index >= 15 is 0 Å². The molecule has 0 atom stereocenters. The van der Waals surface area contributed by atoms with Gasteiger partial charge in [0, 0.05) is 18.9 Å². The van der Waals surface area contributed by atoms with Crippen LogP contribution in [0, 0.1) is 10.1 Å². The lowest BCUT2D eigenvalue weighted by Gasteiger charge is -2.08. The van der Waals surface area contributed by atoms with E-state index in [4.69, 9.17) is 4.74 Å². The number of nitro groups is 1. The zero-order chi connectivity index (χ0) is 15.2. The zero-order valence-corrected chi connectivity index (χ0v) is 12.3. The maximum atomic E-state index is 11.4. The lowest BCUT2D eigenvalue weighted by atomic mass is 10.3. The molecule has 1 aromatic carbocycles. The molecule has 0 spiro atoms. The van der Waals surface area contributed by atoms with E-state index in [9.17, 15) is 18.5 Å². The minimum Gasteiger partial charge on any atom is -0.485 e. The molecule has 0 saturated carbocycles. The molecule has 0 bridgehead atoms. The quantitative estimate of drug-likeness (QED) is 0.442. The fourth-order valence-corrected chi connectivity index (χ4v) is 2.17. The Morgan fingerprint density at radius 1 is 1.35 bits per heavy atom. The van der Waals surface area contributed by atoms with E-state index < -0.39 is 14.8 Å². The smallest absolute Gasteiger partial charge is 0.312 e. The Labute approximate surface area is 118 Å². The van der Waals surface area contributed by atoms with Crippen LogP contribution in [0.2, 0.25) is 0 Å². The summed E-state index contributed by atoms with van der Waals surface area (Å²) in [7, 11) is -3.48. The molecule has 20 heavy (non-hydrogen) atoms. The van der Waals surface area contributed by atoms with Crippen LogP contribution in [0.15, 0.2) is 23.1 Å². The Morgan fingerprint density at radius 3 is 2.60 bits per heavy atom. The van der Waals surface area contributed by atoms with Crippen molar-refractivity contribution in [1.82, 2.24) is 5.32 Å². The van der Waals surface area contributed by atoms with Crippen molar-refractivity contribution in [2.45, 2.75) is 18.2 Å². The van der Waals surface area contributed by atoms with Crippen LogP contribution in [0.1, 0.15) is 13.3 Å². The maximum Gasteiger partial charge on any atom is 0.312 e. The Bertz CT molecular complexity index is 571. The average molecular weight is 302 g/mol. The second-order valence-electron chi connectivity index (χ2n) is 4.26. The number of hydrogen-bond acceptors (Lipinski definition) is 6. The first-order valence-electron chi connectivity index (χ1n) is 6.18. The Hall–Kier alpha value is -1.67. The highest BCUT2D eigenvalue weighted by Crippen LogP contribution is 2.29. The molecule has 8 heteroatoms.